The standard InChI is InChI=1S/C33H49NO10/c1-40-18-24-30(44-33-25-27(36)26(35)23(43-33)19-41-32(25)39)28(37)29(38)31(42-24)34-22-16-10-14-21(15-11-17-22)20-12-8-6-4-2-3-5-7-9-13-20/h2-8,12-13,21-39H,9-11,14-19H2,1H3/b3-2-,6-4-,7-5-,12-8+,20-13+/t21?,22?,23?,24?,25?,26-,27?,28?,29?,30-,31-,32?,33-/m1/s1. The number of hydrogen-bond acceptors (Lipinski definition) is 11. The molecule has 4 saturated heterocycles. The van der Waals surface area contributed by atoms with Crippen molar-refractivity contribution in [2.45, 2.75) is 113 Å². The Bertz CT molecular complexity index is 1050. The minimum absolute atomic E-state index is 0.0626. The van der Waals surface area contributed by atoms with Gasteiger partial charge in [-0.15, -0.1) is 0 Å². The molecule has 246 valence electrons. The van der Waals surface area contributed by atoms with E-state index in [0.29, 0.717) is 5.92 Å². The molecule has 44 heavy (non-hydrogen) atoms. The molecular formula is C33H49NO10. The van der Waals surface area contributed by atoms with E-state index in [9.17, 15) is 25.5 Å². The van der Waals surface area contributed by atoms with Crippen molar-refractivity contribution in [3.8, 4) is 0 Å². The highest BCUT2D eigenvalue weighted by Crippen LogP contribution is 2.37. The van der Waals surface area contributed by atoms with Gasteiger partial charge in [0, 0.05) is 13.2 Å². The lowest BCUT2D eigenvalue weighted by molar-refractivity contribution is -0.335. The highest BCUT2D eigenvalue weighted by Gasteiger charge is 2.55. The number of ether oxygens (including phenoxy) is 5. The SMILES string of the molecule is COCC1O[C@@H](NC2CCCC(C3=C\C\C=C/C=C\C=C/C=C/3)CCC2)C(O)C(O)[C@@H]1O[C@H]1OC2COC(O)C1C(O)[C@@H]2O. The quantitative estimate of drug-likeness (QED) is 0.244. The van der Waals surface area contributed by atoms with Gasteiger partial charge >= 0.3 is 0 Å². The van der Waals surface area contributed by atoms with Crippen LogP contribution in [0, 0.1) is 11.8 Å². The Hall–Kier alpha value is -1.74. The molecule has 11 atom stereocenters. The van der Waals surface area contributed by atoms with E-state index in [-0.39, 0.29) is 19.3 Å². The van der Waals surface area contributed by atoms with Gasteiger partial charge in [0.05, 0.1) is 25.2 Å². The number of nitrogens with one attached hydrogen (secondary N) is 1. The van der Waals surface area contributed by atoms with Gasteiger partial charge in [-0.1, -0.05) is 67.5 Å². The molecule has 7 unspecified atom stereocenters. The summed E-state index contributed by atoms with van der Waals surface area (Å²) in [5, 5.41) is 57.1. The highest BCUT2D eigenvalue weighted by atomic mass is 16.7. The van der Waals surface area contributed by atoms with E-state index in [1.54, 1.807) is 0 Å². The van der Waals surface area contributed by atoms with Crippen LogP contribution in [0.4, 0.5) is 0 Å². The molecule has 11 nitrogen and oxygen atoms in total. The molecular weight excluding hydrogens is 570 g/mol. The first-order valence-corrected chi connectivity index (χ1v) is 16.0. The fraction of sp³-hybridized carbons (Fsp3) is 0.697. The van der Waals surface area contributed by atoms with Gasteiger partial charge in [-0.3, -0.25) is 5.32 Å². The molecule has 2 bridgehead atoms. The average Bonchev–Trinajstić information content (AvgIpc) is 3.24. The van der Waals surface area contributed by atoms with E-state index < -0.39 is 67.5 Å². The summed E-state index contributed by atoms with van der Waals surface area (Å²) in [4.78, 5) is 0. The predicted molar refractivity (Wildman–Crippen MR) is 161 cm³/mol. The van der Waals surface area contributed by atoms with Crippen molar-refractivity contribution in [2.24, 2.45) is 11.8 Å². The molecule has 4 aliphatic heterocycles. The molecule has 0 amide bonds. The van der Waals surface area contributed by atoms with Crippen LogP contribution in [0.2, 0.25) is 0 Å². The van der Waals surface area contributed by atoms with Crippen molar-refractivity contribution in [2.75, 3.05) is 20.3 Å². The van der Waals surface area contributed by atoms with Gasteiger partial charge in [0.2, 0.25) is 0 Å². The fourth-order valence-electron chi connectivity index (χ4n) is 6.92. The van der Waals surface area contributed by atoms with Gasteiger partial charge in [0.15, 0.2) is 12.6 Å². The number of hydrogen-bond donors (Lipinski definition) is 6. The van der Waals surface area contributed by atoms with Gasteiger partial charge < -0.3 is 49.2 Å². The van der Waals surface area contributed by atoms with E-state index in [2.05, 4.69) is 41.8 Å². The zero-order chi connectivity index (χ0) is 31.1. The van der Waals surface area contributed by atoms with Gasteiger partial charge in [-0.25, -0.2) is 0 Å². The second-order valence-corrected chi connectivity index (χ2v) is 12.4. The third-order valence-corrected chi connectivity index (χ3v) is 9.37. The lowest BCUT2D eigenvalue weighted by Gasteiger charge is -2.47. The van der Waals surface area contributed by atoms with Crippen molar-refractivity contribution in [3.63, 3.8) is 0 Å². The number of aliphatic hydroxyl groups is 5. The zero-order valence-electron chi connectivity index (χ0n) is 25.3. The summed E-state index contributed by atoms with van der Waals surface area (Å²) in [7, 11) is 1.50. The van der Waals surface area contributed by atoms with E-state index in [1.807, 2.05) is 18.2 Å². The van der Waals surface area contributed by atoms with Crippen LogP contribution < -0.4 is 5.32 Å². The lowest BCUT2D eigenvalue weighted by atomic mass is 9.83. The van der Waals surface area contributed by atoms with E-state index >= 15 is 0 Å². The minimum atomic E-state index is -1.44. The zero-order valence-corrected chi connectivity index (χ0v) is 25.3. The molecule has 0 aromatic heterocycles. The Labute approximate surface area is 259 Å². The first kappa shape index (κ1) is 33.6. The second-order valence-electron chi connectivity index (χ2n) is 12.4. The molecule has 2 aliphatic carbocycles. The maximum Gasteiger partial charge on any atom is 0.169 e. The number of aliphatic hydroxyl groups excluding tert-OH is 5. The lowest BCUT2D eigenvalue weighted by Crippen LogP contribution is -2.66. The Morgan fingerprint density at radius 3 is 2.32 bits per heavy atom. The van der Waals surface area contributed by atoms with Crippen LogP contribution in [0.15, 0.2) is 60.3 Å². The normalized spacial score (nSPS) is 47.6. The van der Waals surface area contributed by atoms with Crippen molar-refractivity contribution < 1.29 is 49.2 Å². The predicted octanol–water partition coefficient (Wildman–Crippen LogP) is 1.36. The van der Waals surface area contributed by atoms with E-state index in [1.165, 1.54) is 12.7 Å². The Morgan fingerprint density at radius 2 is 1.57 bits per heavy atom. The van der Waals surface area contributed by atoms with Crippen LogP contribution in [0.1, 0.15) is 44.9 Å². The molecule has 6 N–H and O–H groups in total. The monoisotopic (exact) mass is 619 g/mol. The third-order valence-electron chi connectivity index (χ3n) is 9.37. The molecule has 0 radical (unpaired) electrons. The van der Waals surface area contributed by atoms with Crippen LogP contribution in [0.3, 0.4) is 0 Å². The molecule has 4 heterocycles. The molecule has 11 heteroatoms. The number of fused-ring (bicyclic) bond motifs is 4. The Morgan fingerprint density at radius 1 is 0.841 bits per heavy atom. The number of allylic oxidation sites excluding steroid dienone is 10. The van der Waals surface area contributed by atoms with Gasteiger partial charge in [-0.05, 0) is 43.6 Å². The molecule has 0 spiro atoms. The largest absolute Gasteiger partial charge is 0.390 e. The average molecular weight is 620 g/mol. The summed E-state index contributed by atoms with van der Waals surface area (Å²) in [6, 6.07) is 0.0994. The van der Waals surface area contributed by atoms with E-state index in [0.717, 1.165) is 44.9 Å². The Kier molecular flexibility index (Phi) is 12.4. The molecule has 6 aliphatic rings. The topological polar surface area (TPSA) is 159 Å². The maximum atomic E-state index is 11.2. The maximum absolute atomic E-state index is 11.2. The van der Waals surface area contributed by atoms with Crippen molar-refractivity contribution in [1.29, 1.82) is 0 Å². The van der Waals surface area contributed by atoms with Gasteiger partial charge in [0.1, 0.15) is 42.9 Å². The van der Waals surface area contributed by atoms with Crippen molar-refractivity contribution in [1.82, 2.24) is 5.32 Å². The molecule has 1 saturated carbocycles. The van der Waals surface area contributed by atoms with Crippen molar-refractivity contribution in [3.05, 3.63) is 60.3 Å². The summed E-state index contributed by atoms with van der Waals surface area (Å²) < 4.78 is 28.7. The highest BCUT2D eigenvalue weighted by molar-refractivity contribution is 5.28. The van der Waals surface area contributed by atoms with Gasteiger partial charge in [-0.2, -0.15) is 0 Å². The van der Waals surface area contributed by atoms with Crippen molar-refractivity contribution >= 4 is 0 Å². The molecule has 0 aromatic rings. The smallest absolute Gasteiger partial charge is 0.169 e. The number of rotatable bonds is 7. The number of methoxy groups -OCH3 is 1. The minimum Gasteiger partial charge on any atom is -0.390 e. The van der Waals surface area contributed by atoms with Crippen LogP contribution in [-0.4, -0.2) is 113 Å². The first-order valence-electron chi connectivity index (χ1n) is 16.0. The summed E-state index contributed by atoms with van der Waals surface area (Å²) in [5.41, 5.74) is 1.38. The second kappa shape index (κ2) is 16.2. The summed E-state index contributed by atoms with van der Waals surface area (Å²) in [6.07, 6.45) is 14.3. The third kappa shape index (κ3) is 8.15. The van der Waals surface area contributed by atoms with Crippen LogP contribution in [0.25, 0.3) is 0 Å². The van der Waals surface area contributed by atoms with Gasteiger partial charge in [0.25, 0.3) is 0 Å². The van der Waals surface area contributed by atoms with Crippen LogP contribution in [-0.2, 0) is 23.7 Å². The summed E-state index contributed by atoms with van der Waals surface area (Å²) >= 11 is 0. The van der Waals surface area contributed by atoms with E-state index in [4.69, 9.17) is 23.7 Å². The molecule has 6 rings (SSSR count). The van der Waals surface area contributed by atoms with Crippen LogP contribution >= 0.6 is 0 Å². The fourth-order valence-corrected chi connectivity index (χ4v) is 6.92. The molecule has 5 fully saturated rings. The van der Waals surface area contributed by atoms with Crippen LogP contribution in [0.5, 0.6) is 0 Å². The summed E-state index contributed by atoms with van der Waals surface area (Å²) in [6.45, 7) is -0.0640. The summed E-state index contributed by atoms with van der Waals surface area (Å²) in [5.74, 6) is -0.627. The first-order chi connectivity index (χ1) is 21.4. The molecule has 0 aromatic carbocycles. The Balaban J connectivity index is 1.18.